The molecule has 0 aliphatic carbocycles. The molecule has 0 saturated carbocycles. The summed E-state index contributed by atoms with van der Waals surface area (Å²) in [6.07, 6.45) is -1.48. The molecule has 4 N–H and O–H groups in total. The van der Waals surface area contributed by atoms with E-state index in [1.807, 2.05) is 24.6 Å². The van der Waals surface area contributed by atoms with Crippen LogP contribution in [0.25, 0.3) is 21.3 Å². The van der Waals surface area contributed by atoms with E-state index in [9.17, 15) is 18.0 Å². The zero-order valence-corrected chi connectivity index (χ0v) is 22.2. The van der Waals surface area contributed by atoms with Gasteiger partial charge in [-0.3, -0.25) is 4.79 Å². The Labute approximate surface area is 226 Å². The smallest absolute Gasteiger partial charge is 0.405 e. The van der Waals surface area contributed by atoms with Crippen molar-refractivity contribution in [1.29, 1.82) is 0 Å². The van der Waals surface area contributed by atoms with Gasteiger partial charge in [-0.25, -0.2) is 14.6 Å². The summed E-state index contributed by atoms with van der Waals surface area (Å²) in [6.45, 7) is 5.93. The summed E-state index contributed by atoms with van der Waals surface area (Å²) in [5.74, 6) is 0.302. The lowest BCUT2D eigenvalue weighted by molar-refractivity contribution is -0.274. The van der Waals surface area contributed by atoms with Gasteiger partial charge in [0.15, 0.2) is 0 Å². The molecule has 3 aromatic heterocycles. The Balaban J connectivity index is 1.58. The van der Waals surface area contributed by atoms with E-state index in [0.717, 1.165) is 31.6 Å². The van der Waals surface area contributed by atoms with Crippen LogP contribution in [0.15, 0.2) is 36.5 Å². The zero-order chi connectivity index (χ0) is 27.7. The number of para-hydroxylation sites is 1. The predicted molar refractivity (Wildman–Crippen MR) is 143 cm³/mol. The SMILES string of the molecule is CC(C)n1nc(C2CCNCC2)cc1Nc1ncc2sc(CC(N)=O)c(-c3ccccc3OC(F)(F)F)c2n1. The van der Waals surface area contributed by atoms with Crippen LogP contribution < -0.4 is 21.1 Å². The van der Waals surface area contributed by atoms with Crippen molar-refractivity contribution in [3.63, 3.8) is 0 Å². The van der Waals surface area contributed by atoms with Crippen LogP contribution >= 0.6 is 11.3 Å². The molecule has 13 heteroatoms. The largest absolute Gasteiger partial charge is 0.573 e. The molecule has 1 saturated heterocycles. The Morgan fingerprint density at radius 3 is 2.72 bits per heavy atom. The van der Waals surface area contributed by atoms with Crippen molar-refractivity contribution in [2.24, 2.45) is 5.73 Å². The number of aromatic nitrogens is 4. The summed E-state index contributed by atoms with van der Waals surface area (Å²) >= 11 is 1.21. The third-order valence-corrected chi connectivity index (χ3v) is 7.58. The number of hydrogen-bond acceptors (Lipinski definition) is 8. The molecule has 4 heterocycles. The van der Waals surface area contributed by atoms with Crippen molar-refractivity contribution in [3.05, 3.63) is 47.1 Å². The number of thiophene rings is 1. The molecule has 206 valence electrons. The molecule has 0 radical (unpaired) electrons. The van der Waals surface area contributed by atoms with Gasteiger partial charge < -0.3 is 21.1 Å². The first-order valence-corrected chi connectivity index (χ1v) is 13.4. The normalized spacial score (nSPS) is 14.7. The van der Waals surface area contributed by atoms with Gasteiger partial charge in [-0.05, 0) is 45.8 Å². The second kappa shape index (κ2) is 10.8. The highest BCUT2D eigenvalue weighted by atomic mass is 32.1. The molecule has 9 nitrogen and oxygen atoms in total. The van der Waals surface area contributed by atoms with Crippen LogP contribution in [0.4, 0.5) is 24.9 Å². The molecule has 1 fully saturated rings. The van der Waals surface area contributed by atoms with Crippen LogP contribution in [0.2, 0.25) is 0 Å². The van der Waals surface area contributed by atoms with Crippen LogP contribution in [0.5, 0.6) is 5.75 Å². The quantitative estimate of drug-likeness (QED) is 0.269. The molecular formula is C26H28F3N7O2S. The van der Waals surface area contributed by atoms with Crippen LogP contribution in [0.1, 0.15) is 49.2 Å². The zero-order valence-electron chi connectivity index (χ0n) is 21.4. The van der Waals surface area contributed by atoms with E-state index in [1.165, 1.54) is 29.5 Å². The number of primary amides is 1. The number of ether oxygens (including phenoxy) is 1. The third kappa shape index (κ3) is 5.98. The van der Waals surface area contributed by atoms with Crippen LogP contribution in [0, 0.1) is 0 Å². The van der Waals surface area contributed by atoms with Crippen molar-refractivity contribution in [2.45, 2.75) is 51.4 Å². The molecule has 1 aliphatic rings. The Morgan fingerprint density at radius 2 is 2.03 bits per heavy atom. The van der Waals surface area contributed by atoms with Gasteiger partial charge in [-0.1, -0.05) is 18.2 Å². The Kier molecular flexibility index (Phi) is 7.45. The molecule has 4 aromatic rings. The molecule has 5 rings (SSSR count). The van der Waals surface area contributed by atoms with Crippen LogP contribution in [0.3, 0.4) is 0 Å². The van der Waals surface area contributed by atoms with Crippen LogP contribution in [-0.4, -0.2) is 45.1 Å². The van der Waals surface area contributed by atoms with E-state index >= 15 is 0 Å². The first-order chi connectivity index (χ1) is 18.6. The third-order valence-electron chi connectivity index (χ3n) is 6.46. The number of carbonyl (C=O) groups is 1. The minimum Gasteiger partial charge on any atom is -0.405 e. The fourth-order valence-electron chi connectivity index (χ4n) is 4.78. The number of alkyl halides is 3. The van der Waals surface area contributed by atoms with E-state index in [4.69, 9.17) is 10.8 Å². The Hall–Kier alpha value is -3.71. The maximum atomic E-state index is 13.2. The number of hydrogen-bond donors (Lipinski definition) is 3. The molecule has 1 aromatic carbocycles. The monoisotopic (exact) mass is 559 g/mol. The highest BCUT2D eigenvalue weighted by molar-refractivity contribution is 7.19. The second-order valence-electron chi connectivity index (χ2n) is 9.64. The van der Waals surface area contributed by atoms with Gasteiger partial charge in [0.25, 0.3) is 0 Å². The number of halogens is 3. The maximum Gasteiger partial charge on any atom is 0.573 e. The van der Waals surface area contributed by atoms with Crippen molar-refractivity contribution in [3.8, 4) is 16.9 Å². The van der Waals surface area contributed by atoms with Gasteiger partial charge in [0, 0.05) is 34.0 Å². The Bertz CT molecular complexity index is 1490. The summed E-state index contributed by atoms with van der Waals surface area (Å²) in [4.78, 5) is 21.4. The van der Waals surface area contributed by atoms with Crippen molar-refractivity contribution >= 4 is 39.2 Å². The number of anilines is 2. The minimum atomic E-state index is -4.89. The number of amides is 1. The van der Waals surface area contributed by atoms with E-state index < -0.39 is 18.0 Å². The number of carbonyl (C=O) groups excluding carboxylic acids is 1. The number of nitrogens with zero attached hydrogens (tertiary/aromatic N) is 4. The molecule has 39 heavy (non-hydrogen) atoms. The average Bonchev–Trinajstić information content (AvgIpc) is 3.45. The molecule has 0 atom stereocenters. The lowest BCUT2D eigenvalue weighted by atomic mass is 9.95. The van der Waals surface area contributed by atoms with Gasteiger partial charge in [-0.2, -0.15) is 5.10 Å². The fourth-order valence-corrected chi connectivity index (χ4v) is 5.92. The summed E-state index contributed by atoms with van der Waals surface area (Å²) in [5.41, 5.74) is 7.36. The number of benzene rings is 1. The molecule has 1 aliphatic heterocycles. The second-order valence-corrected chi connectivity index (χ2v) is 10.8. The van der Waals surface area contributed by atoms with Gasteiger partial charge in [0.1, 0.15) is 11.6 Å². The van der Waals surface area contributed by atoms with E-state index in [0.29, 0.717) is 32.4 Å². The van der Waals surface area contributed by atoms with Gasteiger partial charge in [-0.15, -0.1) is 24.5 Å². The molecule has 0 unspecified atom stereocenters. The van der Waals surface area contributed by atoms with Crippen molar-refractivity contribution in [1.82, 2.24) is 25.1 Å². The molecule has 1 amide bonds. The van der Waals surface area contributed by atoms with E-state index in [1.54, 1.807) is 12.3 Å². The first kappa shape index (κ1) is 26.9. The maximum absolute atomic E-state index is 13.2. The average molecular weight is 560 g/mol. The molecule has 0 bridgehead atoms. The van der Waals surface area contributed by atoms with E-state index in [2.05, 4.69) is 25.3 Å². The summed E-state index contributed by atoms with van der Waals surface area (Å²) in [7, 11) is 0. The molecule has 0 spiro atoms. The number of fused-ring (bicyclic) bond motifs is 1. The van der Waals surface area contributed by atoms with Gasteiger partial charge >= 0.3 is 6.36 Å². The van der Waals surface area contributed by atoms with Crippen molar-refractivity contribution < 1.29 is 22.7 Å². The highest BCUT2D eigenvalue weighted by Gasteiger charge is 2.33. The van der Waals surface area contributed by atoms with Crippen LogP contribution in [-0.2, 0) is 11.2 Å². The summed E-state index contributed by atoms with van der Waals surface area (Å²) in [5, 5.41) is 11.5. The van der Waals surface area contributed by atoms with Gasteiger partial charge in [0.2, 0.25) is 11.9 Å². The Morgan fingerprint density at radius 1 is 1.28 bits per heavy atom. The standard InChI is InChI=1S/C26H28F3N7O2S/c1-14(2)36-22(11-17(35-36)15-7-9-31-10-8-15)33-25-32-13-20-24(34-25)23(19(39-20)12-21(30)37)16-5-3-4-6-18(16)38-26(27,28)29/h3-6,11,13-15,31H,7-10,12H2,1-2H3,(H2,30,37)(H,32,33,34). The number of piperidine rings is 1. The number of nitrogens with two attached hydrogens (primary N) is 1. The lowest BCUT2D eigenvalue weighted by Gasteiger charge is -2.20. The lowest BCUT2D eigenvalue weighted by Crippen LogP contribution is -2.26. The van der Waals surface area contributed by atoms with Gasteiger partial charge in [0.05, 0.1) is 28.5 Å². The number of nitrogens with one attached hydrogen (secondary N) is 2. The summed E-state index contributed by atoms with van der Waals surface area (Å²) < 4.78 is 46.4. The topological polar surface area (TPSA) is 120 Å². The fraction of sp³-hybridized carbons (Fsp3) is 0.385. The van der Waals surface area contributed by atoms with Crippen molar-refractivity contribution in [2.75, 3.05) is 18.4 Å². The minimum absolute atomic E-state index is 0.0666. The molecular weight excluding hydrogens is 531 g/mol. The van der Waals surface area contributed by atoms with E-state index in [-0.39, 0.29) is 24.0 Å². The first-order valence-electron chi connectivity index (χ1n) is 12.6. The summed E-state index contributed by atoms with van der Waals surface area (Å²) in [6, 6.07) is 7.84. The number of rotatable bonds is 8. The highest BCUT2D eigenvalue weighted by Crippen LogP contribution is 2.43. The predicted octanol–water partition coefficient (Wildman–Crippen LogP) is 5.27.